The normalized spacial score (nSPS) is 10.9. The number of carbonyl (C=O) groups is 1. The van der Waals surface area contributed by atoms with Crippen molar-refractivity contribution in [2.45, 2.75) is 19.8 Å². The molecule has 5 N–H and O–H groups in total. The molecule has 0 atom stereocenters. The molecule has 31 heavy (non-hydrogen) atoms. The predicted molar refractivity (Wildman–Crippen MR) is 118 cm³/mol. The number of methoxy groups -OCH3 is 1. The molecule has 0 bridgehead atoms. The molecule has 9 heteroatoms. The molecule has 1 aromatic carbocycles. The number of aromatic amines is 2. The van der Waals surface area contributed by atoms with Gasteiger partial charge in [-0.25, -0.2) is 14.8 Å². The summed E-state index contributed by atoms with van der Waals surface area (Å²) in [4.78, 5) is 26.7. The monoisotopic (exact) mass is 420 g/mol. The number of aromatic nitrogens is 4. The quantitative estimate of drug-likeness (QED) is 0.362. The Hall–Kier alpha value is -4.01. The van der Waals surface area contributed by atoms with Gasteiger partial charge >= 0.3 is 6.09 Å². The van der Waals surface area contributed by atoms with Gasteiger partial charge in [0.25, 0.3) is 0 Å². The summed E-state index contributed by atoms with van der Waals surface area (Å²) in [6.07, 6.45) is 6.26. The molecule has 0 saturated heterocycles. The fourth-order valence-corrected chi connectivity index (χ4v) is 3.43. The number of benzene rings is 1. The van der Waals surface area contributed by atoms with Crippen LogP contribution in [0.15, 0.2) is 42.9 Å². The Balaban J connectivity index is 1.34. The molecule has 4 aromatic rings. The average Bonchev–Trinajstić information content (AvgIpc) is 3.40. The fraction of sp³-hybridized carbons (Fsp3) is 0.227. The lowest BCUT2D eigenvalue weighted by Crippen LogP contribution is -2.28. The molecule has 0 radical (unpaired) electrons. The van der Waals surface area contributed by atoms with Gasteiger partial charge in [-0.05, 0) is 36.1 Å². The topological polar surface area (TPSA) is 131 Å². The van der Waals surface area contributed by atoms with Crippen molar-refractivity contribution >= 4 is 22.9 Å². The number of amides is 1. The standard InChI is InChI=1S/C22H24N6O3/c1-3-13-10-27-21(23)28-20(13)15-8-19(26-12-15)31-22(29)24-7-6-14-11-25-18-9-16(30-2)4-5-17(14)18/h4-5,8-12,25-26H,3,6-7H2,1-2H3,(H,24,29)(H2,23,27,28). The minimum atomic E-state index is -0.534. The number of nitrogen functional groups attached to an aromatic ring is 1. The highest BCUT2D eigenvalue weighted by Crippen LogP contribution is 2.26. The second kappa shape index (κ2) is 8.78. The van der Waals surface area contributed by atoms with E-state index >= 15 is 0 Å². The van der Waals surface area contributed by atoms with Crippen molar-refractivity contribution < 1.29 is 14.3 Å². The van der Waals surface area contributed by atoms with Crippen LogP contribution in [0.4, 0.5) is 10.7 Å². The lowest BCUT2D eigenvalue weighted by Gasteiger charge is -2.06. The van der Waals surface area contributed by atoms with Crippen LogP contribution in [0.2, 0.25) is 0 Å². The second-order valence-electron chi connectivity index (χ2n) is 7.00. The first kappa shape index (κ1) is 20.3. The minimum absolute atomic E-state index is 0.198. The first-order valence-corrected chi connectivity index (χ1v) is 9.97. The Kier molecular flexibility index (Phi) is 5.74. The van der Waals surface area contributed by atoms with Crippen LogP contribution >= 0.6 is 0 Å². The van der Waals surface area contributed by atoms with Gasteiger partial charge in [-0.15, -0.1) is 0 Å². The van der Waals surface area contributed by atoms with Crippen LogP contribution in [-0.4, -0.2) is 39.7 Å². The summed E-state index contributed by atoms with van der Waals surface area (Å²) < 4.78 is 10.6. The van der Waals surface area contributed by atoms with Crippen molar-refractivity contribution in [3.05, 3.63) is 54.0 Å². The number of H-pyrrole nitrogens is 2. The van der Waals surface area contributed by atoms with E-state index in [0.717, 1.165) is 45.5 Å². The van der Waals surface area contributed by atoms with Crippen molar-refractivity contribution in [1.82, 2.24) is 25.3 Å². The van der Waals surface area contributed by atoms with E-state index in [2.05, 4.69) is 25.3 Å². The summed E-state index contributed by atoms with van der Waals surface area (Å²) in [6, 6.07) is 7.58. The molecule has 0 fully saturated rings. The highest BCUT2D eigenvalue weighted by Gasteiger charge is 2.12. The van der Waals surface area contributed by atoms with Crippen molar-refractivity contribution in [1.29, 1.82) is 0 Å². The predicted octanol–water partition coefficient (Wildman–Crippen LogP) is 3.44. The molecule has 0 aliphatic carbocycles. The highest BCUT2D eigenvalue weighted by molar-refractivity contribution is 5.84. The first-order chi connectivity index (χ1) is 15.1. The van der Waals surface area contributed by atoms with Gasteiger partial charge < -0.3 is 30.5 Å². The summed E-state index contributed by atoms with van der Waals surface area (Å²) in [5, 5.41) is 3.87. The highest BCUT2D eigenvalue weighted by atomic mass is 16.6. The zero-order chi connectivity index (χ0) is 21.8. The van der Waals surface area contributed by atoms with Crippen molar-refractivity contribution in [3.8, 4) is 22.9 Å². The van der Waals surface area contributed by atoms with E-state index in [4.69, 9.17) is 15.2 Å². The van der Waals surface area contributed by atoms with Gasteiger partial charge in [0.1, 0.15) is 5.75 Å². The molecular weight excluding hydrogens is 396 g/mol. The fourth-order valence-electron chi connectivity index (χ4n) is 3.43. The van der Waals surface area contributed by atoms with Crippen LogP contribution in [0.5, 0.6) is 11.6 Å². The van der Waals surface area contributed by atoms with Crippen molar-refractivity contribution in [3.63, 3.8) is 0 Å². The summed E-state index contributed by atoms with van der Waals surface area (Å²) in [6.45, 7) is 2.45. The van der Waals surface area contributed by atoms with Crippen molar-refractivity contribution in [2.75, 3.05) is 19.4 Å². The zero-order valence-electron chi connectivity index (χ0n) is 17.4. The maximum atomic E-state index is 12.2. The summed E-state index contributed by atoms with van der Waals surface area (Å²) >= 11 is 0. The van der Waals surface area contributed by atoms with Crippen LogP contribution < -0.4 is 20.5 Å². The summed E-state index contributed by atoms with van der Waals surface area (Å²) in [7, 11) is 1.64. The van der Waals surface area contributed by atoms with Crippen LogP contribution in [0.25, 0.3) is 22.2 Å². The third-order valence-electron chi connectivity index (χ3n) is 5.03. The summed E-state index contributed by atoms with van der Waals surface area (Å²) in [5.74, 6) is 1.32. The molecule has 9 nitrogen and oxygen atoms in total. The minimum Gasteiger partial charge on any atom is -0.497 e. The van der Waals surface area contributed by atoms with Gasteiger partial charge in [-0.2, -0.15) is 0 Å². The third-order valence-corrected chi connectivity index (χ3v) is 5.03. The first-order valence-electron chi connectivity index (χ1n) is 9.97. The van der Waals surface area contributed by atoms with Crippen LogP contribution in [0.3, 0.4) is 0 Å². The number of carbonyl (C=O) groups excluding carboxylic acids is 1. The SMILES string of the molecule is CCc1cnc(N)nc1-c1c[nH]c(OC(=O)NCCc2c[nH]c3cc(OC)ccc23)c1. The average molecular weight is 420 g/mol. The van der Waals surface area contributed by atoms with Gasteiger partial charge in [0.15, 0.2) is 0 Å². The molecule has 3 heterocycles. The van der Waals surface area contributed by atoms with E-state index in [0.29, 0.717) is 18.8 Å². The Bertz CT molecular complexity index is 1210. The van der Waals surface area contributed by atoms with Gasteiger partial charge in [0.05, 0.1) is 12.8 Å². The maximum absolute atomic E-state index is 12.2. The number of hydrogen-bond acceptors (Lipinski definition) is 6. The third kappa shape index (κ3) is 4.45. The summed E-state index contributed by atoms with van der Waals surface area (Å²) in [5.41, 5.74) is 10.3. The van der Waals surface area contributed by atoms with Crippen molar-refractivity contribution in [2.24, 2.45) is 0 Å². The van der Waals surface area contributed by atoms with Crippen LogP contribution in [-0.2, 0) is 12.8 Å². The number of nitrogens with zero attached hydrogens (tertiary/aromatic N) is 2. The molecule has 3 aromatic heterocycles. The largest absolute Gasteiger partial charge is 0.497 e. The number of rotatable bonds is 7. The molecule has 0 saturated carbocycles. The van der Waals surface area contributed by atoms with E-state index in [1.165, 1.54) is 0 Å². The second-order valence-corrected chi connectivity index (χ2v) is 7.00. The van der Waals surface area contributed by atoms with Gasteiger partial charge in [0, 0.05) is 53.7 Å². The number of ether oxygens (including phenoxy) is 2. The van der Waals surface area contributed by atoms with Gasteiger partial charge in [-0.3, -0.25) is 0 Å². The number of hydrogen-bond donors (Lipinski definition) is 4. The van der Waals surface area contributed by atoms with Gasteiger partial charge in [-0.1, -0.05) is 6.92 Å². The molecular formula is C22H24N6O3. The molecule has 160 valence electrons. The Morgan fingerprint density at radius 2 is 2.06 bits per heavy atom. The molecule has 0 aliphatic rings. The van der Waals surface area contributed by atoms with Crippen LogP contribution in [0.1, 0.15) is 18.1 Å². The number of nitrogens with two attached hydrogens (primary N) is 1. The van der Waals surface area contributed by atoms with E-state index in [9.17, 15) is 4.79 Å². The number of nitrogens with one attached hydrogen (secondary N) is 3. The molecule has 0 spiro atoms. The smallest absolute Gasteiger partial charge is 0.413 e. The zero-order valence-corrected chi connectivity index (χ0v) is 17.4. The molecule has 1 amide bonds. The Labute approximate surface area is 179 Å². The number of aryl methyl sites for hydroxylation is 1. The molecule has 4 rings (SSSR count). The Morgan fingerprint density at radius 3 is 2.87 bits per heavy atom. The molecule has 0 aliphatic heterocycles. The number of anilines is 1. The van der Waals surface area contributed by atoms with Gasteiger partial charge in [0.2, 0.25) is 11.8 Å². The maximum Gasteiger partial charge on any atom is 0.413 e. The lowest BCUT2D eigenvalue weighted by atomic mass is 10.1. The van der Waals surface area contributed by atoms with E-state index < -0.39 is 6.09 Å². The lowest BCUT2D eigenvalue weighted by molar-refractivity contribution is 0.199. The van der Waals surface area contributed by atoms with E-state index in [1.54, 1.807) is 25.6 Å². The number of fused-ring (bicyclic) bond motifs is 1. The van der Waals surface area contributed by atoms with E-state index in [1.807, 2.05) is 31.3 Å². The van der Waals surface area contributed by atoms with Crippen LogP contribution in [0, 0.1) is 0 Å². The Morgan fingerprint density at radius 1 is 1.19 bits per heavy atom. The molecule has 0 unspecified atom stereocenters. The van der Waals surface area contributed by atoms with E-state index in [-0.39, 0.29) is 5.95 Å².